The second-order valence-corrected chi connectivity index (χ2v) is 5.36. The number of hydrogen-bond acceptors (Lipinski definition) is 4. The number of aromatic nitrogens is 2. The Labute approximate surface area is 122 Å². The van der Waals surface area contributed by atoms with Crippen molar-refractivity contribution < 1.29 is 14.7 Å². The molecule has 0 aliphatic carbocycles. The molecule has 2 heterocycles. The van der Waals surface area contributed by atoms with Crippen LogP contribution >= 0.6 is 0 Å². The van der Waals surface area contributed by atoms with Crippen molar-refractivity contribution in [1.29, 1.82) is 0 Å². The Morgan fingerprint density at radius 2 is 1.95 bits per heavy atom. The van der Waals surface area contributed by atoms with Crippen LogP contribution in [0, 0.1) is 19.8 Å². The fourth-order valence-corrected chi connectivity index (χ4v) is 2.57. The Bertz CT molecular complexity index is 615. The van der Waals surface area contributed by atoms with E-state index in [0.29, 0.717) is 37.4 Å². The number of nitrogens with zero attached hydrogens (tertiary/aromatic N) is 3. The molecule has 0 bridgehead atoms. The van der Waals surface area contributed by atoms with Gasteiger partial charge in [0.1, 0.15) is 12.4 Å². The Balaban J connectivity index is 2.03. The Morgan fingerprint density at radius 3 is 2.48 bits per heavy atom. The SMILES string of the molecule is Cc1cc(=O)n(CC(=O)N2CCC(C(=O)O)CC2)c(C)n1. The first-order valence-corrected chi connectivity index (χ1v) is 6.94. The van der Waals surface area contributed by atoms with Crippen LogP contribution in [0.15, 0.2) is 10.9 Å². The van der Waals surface area contributed by atoms with Crippen molar-refractivity contribution in [2.75, 3.05) is 13.1 Å². The fourth-order valence-electron chi connectivity index (χ4n) is 2.57. The molecule has 1 amide bonds. The standard InChI is InChI=1S/C14H19N3O4/c1-9-7-12(18)17(10(2)15-9)8-13(19)16-5-3-11(4-6-16)14(20)21/h7,11H,3-6,8H2,1-2H3,(H,20,21). The Kier molecular flexibility index (Phi) is 4.40. The van der Waals surface area contributed by atoms with E-state index in [1.807, 2.05) is 0 Å². The van der Waals surface area contributed by atoms with Gasteiger partial charge in [0.05, 0.1) is 5.92 Å². The van der Waals surface area contributed by atoms with Crippen LogP contribution in [0.4, 0.5) is 0 Å². The van der Waals surface area contributed by atoms with Gasteiger partial charge in [-0.3, -0.25) is 19.0 Å². The maximum Gasteiger partial charge on any atom is 0.306 e. The van der Waals surface area contributed by atoms with E-state index in [1.165, 1.54) is 10.6 Å². The van der Waals surface area contributed by atoms with Gasteiger partial charge in [-0.05, 0) is 26.7 Å². The summed E-state index contributed by atoms with van der Waals surface area (Å²) in [5.41, 5.74) is 0.386. The van der Waals surface area contributed by atoms with Gasteiger partial charge in [-0.1, -0.05) is 0 Å². The quantitative estimate of drug-likeness (QED) is 0.858. The van der Waals surface area contributed by atoms with Gasteiger partial charge in [0.2, 0.25) is 5.91 Å². The molecule has 0 aromatic carbocycles. The van der Waals surface area contributed by atoms with Crippen molar-refractivity contribution in [1.82, 2.24) is 14.5 Å². The van der Waals surface area contributed by atoms with Crippen molar-refractivity contribution in [3.8, 4) is 0 Å². The van der Waals surface area contributed by atoms with Crippen molar-refractivity contribution in [2.24, 2.45) is 5.92 Å². The number of piperidine rings is 1. The van der Waals surface area contributed by atoms with Crippen molar-refractivity contribution in [3.63, 3.8) is 0 Å². The average Bonchev–Trinajstić information content (AvgIpc) is 2.42. The van der Waals surface area contributed by atoms with E-state index in [9.17, 15) is 14.4 Å². The summed E-state index contributed by atoms with van der Waals surface area (Å²) >= 11 is 0. The molecule has 1 aliphatic rings. The number of carboxylic acids is 1. The summed E-state index contributed by atoms with van der Waals surface area (Å²) in [6.45, 7) is 4.22. The van der Waals surface area contributed by atoms with E-state index in [-0.39, 0.29) is 23.9 Å². The summed E-state index contributed by atoms with van der Waals surface area (Å²) < 4.78 is 1.35. The first-order chi connectivity index (χ1) is 9.88. The molecule has 0 atom stereocenters. The predicted molar refractivity (Wildman–Crippen MR) is 74.9 cm³/mol. The van der Waals surface area contributed by atoms with Crippen LogP contribution in [0.25, 0.3) is 0 Å². The first kappa shape index (κ1) is 15.2. The highest BCUT2D eigenvalue weighted by Crippen LogP contribution is 2.17. The smallest absolute Gasteiger partial charge is 0.306 e. The van der Waals surface area contributed by atoms with Crippen LogP contribution in [-0.2, 0) is 16.1 Å². The minimum Gasteiger partial charge on any atom is -0.481 e. The predicted octanol–water partition coefficient (Wildman–Crippen LogP) is 0.183. The lowest BCUT2D eigenvalue weighted by Gasteiger charge is -2.30. The van der Waals surface area contributed by atoms with Crippen molar-refractivity contribution in [3.05, 3.63) is 27.9 Å². The number of rotatable bonds is 3. The molecule has 7 nitrogen and oxygen atoms in total. The molecular formula is C14H19N3O4. The van der Waals surface area contributed by atoms with Gasteiger partial charge < -0.3 is 10.0 Å². The minimum atomic E-state index is -0.808. The van der Waals surface area contributed by atoms with Crippen LogP contribution in [0.1, 0.15) is 24.4 Å². The molecule has 0 spiro atoms. The lowest BCUT2D eigenvalue weighted by Crippen LogP contribution is -2.43. The lowest BCUT2D eigenvalue weighted by molar-refractivity contribution is -0.145. The van der Waals surface area contributed by atoms with E-state index in [4.69, 9.17) is 5.11 Å². The second-order valence-electron chi connectivity index (χ2n) is 5.36. The van der Waals surface area contributed by atoms with E-state index in [1.54, 1.807) is 18.7 Å². The van der Waals surface area contributed by atoms with Crippen LogP contribution in [-0.4, -0.2) is 44.5 Å². The molecule has 1 aromatic rings. The number of amides is 1. The zero-order chi connectivity index (χ0) is 15.6. The molecule has 7 heteroatoms. The highest BCUT2D eigenvalue weighted by molar-refractivity contribution is 5.77. The van der Waals surface area contributed by atoms with Gasteiger partial charge in [-0.15, -0.1) is 0 Å². The first-order valence-electron chi connectivity index (χ1n) is 6.94. The molecule has 114 valence electrons. The normalized spacial score (nSPS) is 16.0. The molecule has 0 radical (unpaired) electrons. The molecule has 2 rings (SSSR count). The summed E-state index contributed by atoms with van der Waals surface area (Å²) in [6, 6.07) is 1.40. The summed E-state index contributed by atoms with van der Waals surface area (Å²) in [6.07, 6.45) is 0.919. The zero-order valence-electron chi connectivity index (χ0n) is 12.2. The van der Waals surface area contributed by atoms with E-state index >= 15 is 0 Å². The molecule has 21 heavy (non-hydrogen) atoms. The Hall–Kier alpha value is -2.18. The summed E-state index contributed by atoms with van der Waals surface area (Å²) in [5.74, 6) is -0.847. The maximum absolute atomic E-state index is 12.2. The maximum atomic E-state index is 12.2. The van der Waals surface area contributed by atoms with Crippen LogP contribution in [0.2, 0.25) is 0 Å². The number of carbonyl (C=O) groups excluding carboxylic acids is 1. The molecule has 1 N–H and O–H groups in total. The highest BCUT2D eigenvalue weighted by atomic mass is 16.4. The van der Waals surface area contributed by atoms with Crippen LogP contribution in [0.5, 0.6) is 0 Å². The number of likely N-dealkylation sites (tertiary alicyclic amines) is 1. The van der Waals surface area contributed by atoms with Gasteiger partial charge in [0.25, 0.3) is 5.56 Å². The summed E-state index contributed by atoms with van der Waals surface area (Å²) in [5, 5.41) is 8.94. The van der Waals surface area contributed by atoms with Gasteiger partial charge in [-0.25, -0.2) is 4.98 Å². The fraction of sp³-hybridized carbons (Fsp3) is 0.571. The largest absolute Gasteiger partial charge is 0.481 e. The van der Waals surface area contributed by atoms with E-state index < -0.39 is 5.97 Å². The molecule has 1 fully saturated rings. The number of carbonyl (C=O) groups is 2. The van der Waals surface area contributed by atoms with Crippen molar-refractivity contribution in [2.45, 2.75) is 33.2 Å². The third-order valence-electron chi connectivity index (χ3n) is 3.82. The molecule has 1 aromatic heterocycles. The number of carboxylic acid groups (broad SMARTS) is 1. The molecule has 1 saturated heterocycles. The monoisotopic (exact) mass is 293 g/mol. The number of aliphatic carboxylic acids is 1. The molecular weight excluding hydrogens is 274 g/mol. The van der Waals surface area contributed by atoms with Gasteiger partial charge in [-0.2, -0.15) is 0 Å². The number of hydrogen-bond donors (Lipinski definition) is 1. The summed E-state index contributed by atoms with van der Waals surface area (Å²) in [7, 11) is 0. The molecule has 0 saturated carbocycles. The molecule has 0 unspecified atom stereocenters. The third-order valence-corrected chi connectivity index (χ3v) is 3.82. The average molecular weight is 293 g/mol. The van der Waals surface area contributed by atoms with Crippen LogP contribution in [0.3, 0.4) is 0 Å². The third kappa shape index (κ3) is 3.48. The zero-order valence-corrected chi connectivity index (χ0v) is 12.2. The van der Waals surface area contributed by atoms with Gasteiger partial charge >= 0.3 is 5.97 Å². The van der Waals surface area contributed by atoms with Gasteiger partial charge in [0, 0.05) is 24.8 Å². The van der Waals surface area contributed by atoms with E-state index in [0.717, 1.165) is 0 Å². The number of aryl methyl sites for hydroxylation is 2. The second kappa shape index (κ2) is 6.07. The van der Waals surface area contributed by atoms with Crippen LogP contribution < -0.4 is 5.56 Å². The topological polar surface area (TPSA) is 92.5 Å². The minimum absolute atomic E-state index is 0.0459. The summed E-state index contributed by atoms with van der Waals surface area (Å²) in [4.78, 5) is 40.8. The lowest BCUT2D eigenvalue weighted by atomic mass is 9.97. The molecule has 1 aliphatic heterocycles. The highest BCUT2D eigenvalue weighted by Gasteiger charge is 2.27. The van der Waals surface area contributed by atoms with E-state index in [2.05, 4.69) is 4.98 Å². The van der Waals surface area contributed by atoms with Crippen molar-refractivity contribution >= 4 is 11.9 Å². The Morgan fingerprint density at radius 1 is 1.33 bits per heavy atom. The van der Waals surface area contributed by atoms with Gasteiger partial charge in [0.15, 0.2) is 0 Å².